The second kappa shape index (κ2) is 8.24. The zero-order valence-corrected chi connectivity index (χ0v) is 17.6. The molecule has 2 aliphatic heterocycles. The van der Waals surface area contributed by atoms with Crippen LogP contribution in [0.3, 0.4) is 0 Å². The molecule has 4 rings (SSSR count). The molecule has 3 fully saturated rings. The molecule has 3 aliphatic rings. The molecule has 0 radical (unpaired) electrons. The summed E-state index contributed by atoms with van der Waals surface area (Å²) in [6.45, 7) is 2.11. The summed E-state index contributed by atoms with van der Waals surface area (Å²) >= 11 is 0. The van der Waals surface area contributed by atoms with E-state index in [0.29, 0.717) is 37.7 Å². The highest BCUT2D eigenvalue weighted by Crippen LogP contribution is 2.58. The molecule has 168 valence electrons. The van der Waals surface area contributed by atoms with Gasteiger partial charge in [-0.2, -0.15) is 0 Å². The zero-order chi connectivity index (χ0) is 22.3. The van der Waals surface area contributed by atoms with Crippen molar-refractivity contribution in [2.45, 2.75) is 57.3 Å². The van der Waals surface area contributed by atoms with Gasteiger partial charge < -0.3 is 20.1 Å². The highest BCUT2D eigenvalue weighted by molar-refractivity contribution is 6.05. The fourth-order valence-electron chi connectivity index (χ4n) is 5.61. The lowest BCUT2D eigenvalue weighted by Gasteiger charge is -2.43. The quantitative estimate of drug-likeness (QED) is 0.447. The molecular formula is C23H29NO7. The predicted molar refractivity (Wildman–Crippen MR) is 109 cm³/mol. The maximum atomic E-state index is 13.2. The van der Waals surface area contributed by atoms with E-state index in [9.17, 15) is 24.6 Å². The molecule has 0 unspecified atom stereocenters. The van der Waals surface area contributed by atoms with E-state index in [-0.39, 0.29) is 36.4 Å². The third-order valence-electron chi connectivity index (χ3n) is 7.20. The number of carboxylic acid groups (broad SMARTS) is 1. The van der Waals surface area contributed by atoms with E-state index in [2.05, 4.69) is 0 Å². The first-order valence-corrected chi connectivity index (χ1v) is 11.0. The number of para-hydroxylation sites is 1. The number of amides is 2. The Morgan fingerprint density at radius 1 is 1.16 bits per heavy atom. The van der Waals surface area contributed by atoms with Crippen molar-refractivity contribution in [1.82, 2.24) is 4.90 Å². The van der Waals surface area contributed by atoms with Crippen molar-refractivity contribution in [1.29, 1.82) is 0 Å². The number of carbonyl (C=O) groups is 3. The molecule has 3 N–H and O–H groups in total. The number of fused-ring (bicyclic) bond motifs is 3. The van der Waals surface area contributed by atoms with Crippen LogP contribution in [0.2, 0.25) is 0 Å². The molecule has 8 heteroatoms. The van der Waals surface area contributed by atoms with Gasteiger partial charge in [0.05, 0.1) is 17.9 Å². The number of carbonyl (C=O) groups excluding carboxylic acids is 2. The Bertz CT molecular complexity index is 886. The number of hydrogen-bond donors (Lipinski definition) is 3. The number of aliphatic carboxylic acids is 1. The molecule has 2 saturated heterocycles. The van der Waals surface area contributed by atoms with Crippen LogP contribution in [0, 0.1) is 23.7 Å². The van der Waals surface area contributed by atoms with Crippen LogP contribution in [0.1, 0.15) is 57.1 Å². The third kappa shape index (κ3) is 3.72. The molecule has 1 saturated carbocycles. The molecule has 0 aromatic heterocycles. The third-order valence-corrected chi connectivity index (χ3v) is 7.20. The van der Waals surface area contributed by atoms with Crippen molar-refractivity contribution in [3.8, 4) is 5.75 Å². The monoisotopic (exact) mass is 431 g/mol. The maximum absolute atomic E-state index is 13.2. The predicted octanol–water partition coefficient (Wildman–Crippen LogP) is 2.44. The lowest BCUT2D eigenvalue weighted by Crippen LogP contribution is -2.52. The Hall–Kier alpha value is -2.45. The van der Waals surface area contributed by atoms with Gasteiger partial charge in [0.15, 0.2) is 5.79 Å². The van der Waals surface area contributed by atoms with Crippen molar-refractivity contribution in [2.24, 2.45) is 23.7 Å². The Morgan fingerprint density at radius 3 is 2.61 bits per heavy atom. The van der Waals surface area contributed by atoms with Crippen LogP contribution in [0.25, 0.3) is 0 Å². The van der Waals surface area contributed by atoms with Crippen molar-refractivity contribution in [2.75, 3.05) is 6.54 Å². The second-order valence-corrected chi connectivity index (χ2v) is 9.06. The van der Waals surface area contributed by atoms with Gasteiger partial charge in [0.2, 0.25) is 11.8 Å². The highest BCUT2D eigenvalue weighted by atomic mass is 16.6. The van der Waals surface area contributed by atoms with Gasteiger partial charge in [0, 0.05) is 30.4 Å². The molecule has 0 spiro atoms. The second-order valence-electron chi connectivity index (χ2n) is 9.06. The average Bonchev–Trinajstić information content (AvgIpc) is 3.18. The Kier molecular flexibility index (Phi) is 5.79. The van der Waals surface area contributed by atoms with E-state index < -0.39 is 35.6 Å². The number of aromatic hydroxyl groups is 1. The number of likely N-dealkylation sites (tertiary alicyclic amines) is 1. The van der Waals surface area contributed by atoms with Crippen molar-refractivity contribution in [3.05, 3.63) is 29.8 Å². The van der Waals surface area contributed by atoms with Crippen LogP contribution in [-0.2, 0) is 19.1 Å². The summed E-state index contributed by atoms with van der Waals surface area (Å²) in [6.07, 6.45) is 1.94. The number of rotatable bonds is 7. The Morgan fingerprint density at radius 2 is 1.90 bits per heavy atom. The van der Waals surface area contributed by atoms with Crippen LogP contribution >= 0.6 is 0 Å². The fraction of sp³-hybridized carbons (Fsp3) is 0.609. The molecule has 2 heterocycles. The lowest BCUT2D eigenvalue weighted by molar-refractivity contribution is -0.265. The number of phenolic OH excluding ortho intramolecular Hbond substituents is 1. The van der Waals surface area contributed by atoms with E-state index in [4.69, 9.17) is 9.84 Å². The van der Waals surface area contributed by atoms with E-state index >= 15 is 0 Å². The summed E-state index contributed by atoms with van der Waals surface area (Å²) < 4.78 is 6.05. The number of ether oxygens (including phenoxy) is 1. The van der Waals surface area contributed by atoms with Crippen molar-refractivity contribution in [3.63, 3.8) is 0 Å². The molecule has 8 nitrogen and oxygen atoms in total. The highest BCUT2D eigenvalue weighted by Gasteiger charge is 2.65. The first-order chi connectivity index (χ1) is 14.7. The SMILES string of the molecule is C[C@H]1C[C@@H]2C(=O)N(CCCCCC(=O)O)C(=O)[C@@H]2[C@@H]2C[C@@H](c3ccccc3O)O[C@]12O. The Labute approximate surface area is 180 Å². The van der Waals surface area contributed by atoms with Gasteiger partial charge in [-0.05, 0) is 31.7 Å². The number of nitrogens with zero attached hydrogens (tertiary/aromatic N) is 1. The standard InChI is InChI=1S/C23H29NO7/c1-13-11-15-20(22(29)24(21(15)28)10-6-2-3-9-19(26)27)16-12-18(31-23(13,16)30)14-7-4-5-8-17(14)25/h4-5,7-8,13,15-16,18,20,25,30H,2-3,6,9-12H2,1H3,(H,26,27)/t13-,15-,16-,18-,20-,23+/m0/s1. The number of benzene rings is 1. The van der Waals surface area contributed by atoms with Crippen LogP contribution in [0.4, 0.5) is 0 Å². The molecule has 1 aliphatic carbocycles. The molecule has 31 heavy (non-hydrogen) atoms. The van der Waals surface area contributed by atoms with Crippen LogP contribution in [-0.4, -0.2) is 50.3 Å². The normalized spacial score (nSPS) is 34.6. The number of hydrogen-bond acceptors (Lipinski definition) is 6. The van der Waals surface area contributed by atoms with E-state index in [1.165, 1.54) is 4.90 Å². The maximum Gasteiger partial charge on any atom is 0.303 e. The van der Waals surface area contributed by atoms with Gasteiger partial charge in [-0.1, -0.05) is 31.5 Å². The van der Waals surface area contributed by atoms with Gasteiger partial charge in [-0.25, -0.2) is 0 Å². The molecule has 6 atom stereocenters. The van der Waals surface area contributed by atoms with Crippen LogP contribution in [0.5, 0.6) is 5.75 Å². The average molecular weight is 431 g/mol. The smallest absolute Gasteiger partial charge is 0.303 e. The minimum absolute atomic E-state index is 0.0742. The minimum atomic E-state index is -1.53. The fourth-order valence-corrected chi connectivity index (χ4v) is 5.61. The van der Waals surface area contributed by atoms with E-state index in [1.54, 1.807) is 24.3 Å². The first-order valence-electron chi connectivity index (χ1n) is 11.0. The summed E-state index contributed by atoms with van der Waals surface area (Å²) in [5.41, 5.74) is 0.570. The Balaban J connectivity index is 1.50. The van der Waals surface area contributed by atoms with Crippen LogP contribution in [0.15, 0.2) is 24.3 Å². The van der Waals surface area contributed by atoms with Crippen LogP contribution < -0.4 is 0 Å². The largest absolute Gasteiger partial charge is 0.508 e. The van der Waals surface area contributed by atoms with Gasteiger partial charge in [-0.15, -0.1) is 0 Å². The molecule has 0 bridgehead atoms. The van der Waals surface area contributed by atoms with E-state index in [0.717, 1.165) is 0 Å². The summed E-state index contributed by atoms with van der Waals surface area (Å²) in [7, 11) is 0. The number of aliphatic hydroxyl groups is 1. The minimum Gasteiger partial charge on any atom is -0.508 e. The van der Waals surface area contributed by atoms with Gasteiger partial charge >= 0.3 is 5.97 Å². The molecule has 2 amide bonds. The van der Waals surface area contributed by atoms with E-state index in [1.807, 2.05) is 6.92 Å². The van der Waals surface area contributed by atoms with Gasteiger partial charge in [-0.3, -0.25) is 19.3 Å². The summed E-state index contributed by atoms with van der Waals surface area (Å²) in [5, 5.41) is 30.4. The van der Waals surface area contributed by atoms with Gasteiger partial charge in [0.1, 0.15) is 5.75 Å². The van der Waals surface area contributed by atoms with Crippen molar-refractivity contribution < 1.29 is 34.4 Å². The van der Waals surface area contributed by atoms with Crippen molar-refractivity contribution >= 4 is 17.8 Å². The lowest BCUT2D eigenvalue weighted by atomic mass is 9.65. The summed E-state index contributed by atoms with van der Waals surface area (Å²) in [4.78, 5) is 38.2. The summed E-state index contributed by atoms with van der Waals surface area (Å²) in [5.74, 6) is -4.74. The number of carboxylic acids is 1. The molecule has 1 aromatic carbocycles. The number of phenols is 1. The van der Waals surface area contributed by atoms with Gasteiger partial charge in [0.25, 0.3) is 0 Å². The molecular weight excluding hydrogens is 402 g/mol. The zero-order valence-electron chi connectivity index (χ0n) is 17.6. The topological polar surface area (TPSA) is 124 Å². The summed E-state index contributed by atoms with van der Waals surface area (Å²) in [6, 6.07) is 6.80. The molecule has 1 aromatic rings. The number of unbranched alkanes of at least 4 members (excludes halogenated alkanes) is 2. The number of imide groups is 1. The first kappa shape index (κ1) is 21.8.